The van der Waals surface area contributed by atoms with E-state index in [9.17, 15) is 9.59 Å². The summed E-state index contributed by atoms with van der Waals surface area (Å²) in [6.45, 7) is 0. The Bertz CT molecular complexity index is 672. The molecule has 7 heteroatoms. The zero-order valence-corrected chi connectivity index (χ0v) is 13.5. The molecule has 0 heterocycles. The summed E-state index contributed by atoms with van der Waals surface area (Å²) in [6.07, 6.45) is 0. The van der Waals surface area contributed by atoms with Crippen molar-refractivity contribution < 1.29 is 9.59 Å². The molecule has 0 unspecified atom stereocenters. The van der Waals surface area contributed by atoms with Gasteiger partial charge in [0.05, 0.1) is 5.69 Å². The van der Waals surface area contributed by atoms with Gasteiger partial charge in [0.15, 0.2) is 0 Å². The van der Waals surface area contributed by atoms with Gasteiger partial charge in [-0.1, -0.05) is 41.4 Å². The molecule has 114 valence electrons. The van der Waals surface area contributed by atoms with Gasteiger partial charge in [-0.15, -0.1) is 11.6 Å². The number of nitrogens with one attached hydrogen (secondary N) is 1. The minimum Gasteiger partial charge on any atom is -0.271 e. The number of anilines is 1. The second-order valence-electron chi connectivity index (χ2n) is 4.30. The Morgan fingerprint density at radius 3 is 2.14 bits per heavy atom. The zero-order chi connectivity index (χ0) is 16.1. The number of alkyl halides is 1. The van der Waals surface area contributed by atoms with Crippen molar-refractivity contribution in [1.82, 2.24) is 5.43 Å². The Labute approximate surface area is 142 Å². The average molecular weight is 358 g/mol. The standard InChI is InChI=1S/C15H11Cl3N2O2/c16-9-14(21)20(13-4-2-1-3-5-13)19-15(22)10-6-11(17)8-12(18)7-10/h1-8H,9H2,(H,19,22). The van der Waals surface area contributed by atoms with E-state index in [-0.39, 0.29) is 11.4 Å². The van der Waals surface area contributed by atoms with Gasteiger partial charge in [-0.3, -0.25) is 15.0 Å². The fraction of sp³-hybridized carbons (Fsp3) is 0.0667. The Morgan fingerprint density at radius 1 is 1.00 bits per heavy atom. The van der Waals surface area contributed by atoms with Crippen LogP contribution in [0.15, 0.2) is 48.5 Å². The number of halogens is 3. The third-order valence-corrected chi connectivity index (χ3v) is 3.38. The molecule has 0 saturated carbocycles. The topological polar surface area (TPSA) is 49.4 Å². The lowest BCUT2D eigenvalue weighted by molar-refractivity contribution is -0.116. The molecule has 2 aromatic carbocycles. The Balaban J connectivity index is 2.27. The minimum atomic E-state index is -0.522. The molecule has 0 aliphatic heterocycles. The van der Waals surface area contributed by atoms with Crippen LogP contribution in [0.2, 0.25) is 10.0 Å². The average Bonchev–Trinajstić information content (AvgIpc) is 2.51. The van der Waals surface area contributed by atoms with Crippen molar-refractivity contribution in [3.05, 3.63) is 64.1 Å². The summed E-state index contributed by atoms with van der Waals surface area (Å²) >= 11 is 17.3. The smallest absolute Gasteiger partial charge is 0.270 e. The first-order valence-electron chi connectivity index (χ1n) is 6.22. The fourth-order valence-electron chi connectivity index (χ4n) is 1.76. The number of rotatable bonds is 3. The molecule has 1 N–H and O–H groups in total. The molecular formula is C15H11Cl3N2O2. The van der Waals surface area contributed by atoms with E-state index >= 15 is 0 Å². The van der Waals surface area contributed by atoms with Crippen LogP contribution in [0, 0.1) is 0 Å². The molecule has 2 amide bonds. The molecule has 2 rings (SSSR count). The Morgan fingerprint density at radius 2 is 1.59 bits per heavy atom. The SMILES string of the molecule is O=C(NN(C(=O)CCl)c1ccccc1)c1cc(Cl)cc(Cl)c1. The van der Waals surface area contributed by atoms with Crippen molar-refractivity contribution in [3.63, 3.8) is 0 Å². The van der Waals surface area contributed by atoms with E-state index in [1.807, 2.05) is 0 Å². The van der Waals surface area contributed by atoms with Crippen molar-refractivity contribution in [2.75, 3.05) is 10.9 Å². The number of nitrogens with zero attached hydrogens (tertiary/aromatic N) is 1. The number of hydrogen-bond donors (Lipinski definition) is 1. The van der Waals surface area contributed by atoms with Crippen molar-refractivity contribution >= 4 is 52.3 Å². The van der Waals surface area contributed by atoms with E-state index in [1.165, 1.54) is 18.2 Å². The van der Waals surface area contributed by atoms with Gasteiger partial charge in [0, 0.05) is 15.6 Å². The lowest BCUT2D eigenvalue weighted by Crippen LogP contribution is -2.47. The van der Waals surface area contributed by atoms with Crippen LogP contribution in [0.1, 0.15) is 10.4 Å². The highest BCUT2D eigenvalue weighted by molar-refractivity contribution is 6.35. The summed E-state index contributed by atoms with van der Waals surface area (Å²) in [5, 5.41) is 1.74. The second kappa shape index (κ2) is 7.49. The van der Waals surface area contributed by atoms with E-state index in [1.54, 1.807) is 30.3 Å². The lowest BCUT2D eigenvalue weighted by Gasteiger charge is -2.22. The molecule has 0 bridgehead atoms. The number of hydrazine groups is 1. The van der Waals surface area contributed by atoms with E-state index in [4.69, 9.17) is 34.8 Å². The summed E-state index contributed by atoms with van der Waals surface area (Å²) in [7, 11) is 0. The summed E-state index contributed by atoms with van der Waals surface area (Å²) in [5.41, 5.74) is 3.23. The number of carbonyl (C=O) groups excluding carboxylic acids is 2. The molecule has 2 aromatic rings. The molecule has 0 saturated heterocycles. The highest BCUT2D eigenvalue weighted by atomic mass is 35.5. The molecule has 0 aliphatic carbocycles. The van der Waals surface area contributed by atoms with Crippen LogP contribution in [-0.4, -0.2) is 17.7 Å². The van der Waals surface area contributed by atoms with E-state index in [0.717, 1.165) is 5.01 Å². The first kappa shape index (κ1) is 16.6. The molecule has 4 nitrogen and oxygen atoms in total. The maximum Gasteiger partial charge on any atom is 0.270 e. The molecule has 22 heavy (non-hydrogen) atoms. The number of benzene rings is 2. The van der Waals surface area contributed by atoms with Gasteiger partial charge in [-0.2, -0.15) is 0 Å². The molecule has 0 spiro atoms. The number of hydrogen-bond acceptors (Lipinski definition) is 2. The van der Waals surface area contributed by atoms with E-state index in [2.05, 4.69) is 5.43 Å². The van der Waals surface area contributed by atoms with Crippen LogP contribution in [0.25, 0.3) is 0 Å². The molecule has 0 aliphatic rings. The minimum absolute atomic E-state index is 0.237. The lowest BCUT2D eigenvalue weighted by atomic mass is 10.2. The van der Waals surface area contributed by atoms with Crippen molar-refractivity contribution in [2.45, 2.75) is 0 Å². The summed E-state index contributed by atoms with van der Waals surface area (Å²) in [6, 6.07) is 13.1. The predicted octanol–water partition coefficient (Wildman–Crippen LogP) is 3.91. The first-order chi connectivity index (χ1) is 10.5. The van der Waals surface area contributed by atoms with Crippen molar-refractivity contribution in [2.24, 2.45) is 0 Å². The summed E-state index contributed by atoms with van der Waals surface area (Å²) < 4.78 is 0. The second-order valence-corrected chi connectivity index (χ2v) is 5.44. The highest BCUT2D eigenvalue weighted by Gasteiger charge is 2.18. The number of amides is 2. The van der Waals surface area contributed by atoms with Crippen molar-refractivity contribution in [3.8, 4) is 0 Å². The maximum atomic E-state index is 12.3. The van der Waals surface area contributed by atoms with Gasteiger partial charge in [-0.25, -0.2) is 5.01 Å². The van der Waals surface area contributed by atoms with Gasteiger partial charge in [0.1, 0.15) is 5.88 Å². The van der Waals surface area contributed by atoms with Gasteiger partial charge >= 0.3 is 0 Å². The van der Waals surface area contributed by atoms with Gasteiger partial charge in [-0.05, 0) is 30.3 Å². The fourth-order valence-corrected chi connectivity index (χ4v) is 2.40. The summed E-state index contributed by atoms with van der Waals surface area (Å²) in [5.74, 6) is -1.26. The van der Waals surface area contributed by atoms with E-state index < -0.39 is 11.8 Å². The largest absolute Gasteiger partial charge is 0.271 e. The monoisotopic (exact) mass is 356 g/mol. The van der Waals surface area contributed by atoms with Crippen LogP contribution in [0.3, 0.4) is 0 Å². The third-order valence-electron chi connectivity index (χ3n) is 2.72. The number of para-hydroxylation sites is 1. The van der Waals surface area contributed by atoms with Crippen LogP contribution in [0.5, 0.6) is 0 Å². The first-order valence-corrected chi connectivity index (χ1v) is 7.51. The van der Waals surface area contributed by atoms with Crippen molar-refractivity contribution in [1.29, 1.82) is 0 Å². The molecule has 0 atom stereocenters. The molecule has 0 fully saturated rings. The zero-order valence-electron chi connectivity index (χ0n) is 11.2. The van der Waals surface area contributed by atoms with Gasteiger partial charge in [0.25, 0.3) is 11.8 Å². The maximum absolute atomic E-state index is 12.3. The Kier molecular flexibility index (Phi) is 5.66. The third kappa shape index (κ3) is 4.13. The molecule has 0 aromatic heterocycles. The van der Waals surface area contributed by atoms with Crippen LogP contribution < -0.4 is 10.4 Å². The summed E-state index contributed by atoms with van der Waals surface area (Å²) in [4.78, 5) is 24.2. The predicted molar refractivity (Wildman–Crippen MR) is 88.6 cm³/mol. The van der Waals surface area contributed by atoms with Gasteiger partial charge in [0.2, 0.25) is 0 Å². The normalized spacial score (nSPS) is 10.1. The quantitative estimate of drug-likeness (QED) is 0.669. The van der Waals surface area contributed by atoms with Crippen LogP contribution >= 0.6 is 34.8 Å². The van der Waals surface area contributed by atoms with E-state index in [0.29, 0.717) is 15.7 Å². The highest BCUT2D eigenvalue weighted by Crippen LogP contribution is 2.19. The molecular weight excluding hydrogens is 347 g/mol. The van der Waals surface area contributed by atoms with Crippen LogP contribution in [-0.2, 0) is 4.79 Å². The van der Waals surface area contributed by atoms with Crippen LogP contribution in [0.4, 0.5) is 5.69 Å². The molecule has 0 radical (unpaired) electrons. The Hall–Kier alpha value is -1.75. The van der Waals surface area contributed by atoms with Gasteiger partial charge < -0.3 is 0 Å². The number of carbonyl (C=O) groups is 2.